The highest BCUT2D eigenvalue weighted by molar-refractivity contribution is 7.92. The summed E-state index contributed by atoms with van der Waals surface area (Å²) in [6.45, 7) is 0.587. The number of nitrogens with zero attached hydrogens (tertiary/aromatic N) is 1. The van der Waals surface area contributed by atoms with E-state index in [-0.39, 0.29) is 6.54 Å². The fraction of sp³-hybridized carbons (Fsp3) is 0.333. The van der Waals surface area contributed by atoms with Gasteiger partial charge in [-0.15, -0.1) is 0 Å². The SMILES string of the molecule is O=S(=O)(C=Cc1ccccc1)N1CC[C@H](O)C1. The smallest absolute Gasteiger partial charge is 0.236 e. The third kappa shape index (κ3) is 3.15. The topological polar surface area (TPSA) is 57.6 Å². The first-order valence-corrected chi connectivity index (χ1v) is 6.99. The molecule has 0 amide bonds. The van der Waals surface area contributed by atoms with Crippen molar-refractivity contribution in [2.24, 2.45) is 0 Å². The van der Waals surface area contributed by atoms with E-state index in [1.807, 2.05) is 30.3 Å². The molecule has 0 bridgehead atoms. The zero-order valence-corrected chi connectivity index (χ0v) is 10.2. The second-order valence-corrected chi connectivity index (χ2v) is 5.88. The Morgan fingerprint density at radius 1 is 1.29 bits per heavy atom. The van der Waals surface area contributed by atoms with Crippen molar-refractivity contribution in [1.82, 2.24) is 4.31 Å². The van der Waals surface area contributed by atoms with Gasteiger partial charge in [0.1, 0.15) is 0 Å². The molecule has 4 nitrogen and oxygen atoms in total. The number of β-amino-alcohol motifs (C(OH)–C–C–N with tert-alkyl or cyclic N) is 1. The molecule has 1 aliphatic rings. The Labute approximate surface area is 101 Å². The van der Waals surface area contributed by atoms with E-state index in [2.05, 4.69) is 0 Å². The van der Waals surface area contributed by atoms with E-state index >= 15 is 0 Å². The minimum atomic E-state index is -3.40. The second-order valence-electron chi connectivity index (χ2n) is 4.06. The highest BCUT2D eigenvalue weighted by Gasteiger charge is 2.28. The summed E-state index contributed by atoms with van der Waals surface area (Å²) in [4.78, 5) is 0. The zero-order chi connectivity index (χ0) is 12.3. The van der Waals surface area contributed by atoms with Crippen molar-refractivity contribution in [3.8, 4) is 0 Å². The van der Waals surface area contributed by atoms with Gasteiger partial charge in [-0.05, 0) is 18.1 Å². The number of aliphatic hydroxyl groups is 1. The molecular formula is C12H15NO3S. The molecule has 0 spiro atoms. The van der Waals surface area contributed by atoms with E-state index in [1.165, 1.54) is 9.71 Å². The summed E-state index contributed by atoms with van der Waals surface area (Å²) in [6.07, 6.45) is 1.55. The predicted octanol–water partition coefficient (Wildman–Crippen LogP) is 1.05. The molecule has 0 saturated carbocycles. The average Bonchev–Trinajstić information content (AvgIpc) is 2.76. The number of benzene rings is 1. The number of aliphatic hydroxyl groups excluding tert-OH is 1. The summed E-state index contributed by atoms with van der Waals surface area (Å²) in [6, 6.07) is 9.26. The summed E-state index contributed by atoms with van der Waals surface area (Å²) < 4.78 is 25.1. The molecule has 0 aliphatic carbocycles. The number of hydrogen-bond acceptors (Lipinski definition) is 3. The Bertz CT molecular complexity index is 496. The number of hydrogen-bond donors (Lipinski definition) is 1. The van der Waals surface area contributed by atoms with Crippen LogP contribution in [0.1, 0.15) is 12.0 Å². The third-order valence-electron chi connectivity index (χ3n) is 2.72. The highest BCUT2D eigenvalue weighted by Crippen LogP contribution is 2.15. The minimum Gasteiger partial charge on any atom is -0.392 e. The van der Waals surface area contributed by atoms with Gasteiger partial charge in [0, 0.05) is 18.5 Å². The molecule has 1 saturated heterocycles. The summed E-state index contributed by atoms with van der Waals surface area (Å²) in [5, 5.41) is 10.5. The molecule has 1 aliphatic heterocycles. The van der Waals surface area contributed by atoms with Crippen LogP contribution in [0.15, 0.2) is 35.7 Å². The molecule has 17 heavy (non-hydrogen) atoms. The van der Waals surface area contributed by atoms with Gasteiger partial charge in [0.15, 0.2) is 0 Å². The van der Waals surface area contributed by atoms with Gasteiger partial charge in [0.05, 0.1) is 6.10 Å². The van der Waals surface area contributed by atoms with E-state index < -0.39 is 16.1 Å². The van der Waals surface area contributed by atoms with Crippen molar-refractivity contribution in [2.45, 2.75) is 12.5 Å². The van der Waals surface area contributed by atoms with Crippen LogP contribution in [0.3, 0.4) is 0 Å². The molecule has 1 fully saturated rings. The van der Waals surface area contributed by atoms with E-state index in [9.17, 15) is 13.5 Å². The third-order valence-corrected chi connectivity index (χ3v) is 4.25. The highest BCUT2D eigenvalue weighted by atomic mass is 32.2. The quantitative estimate of drug-likeness (QED) is 0.876. The zero-order valence-electron chi connectivity index (χ0n) is 9.36. The maximum absolute atomic E-state index is 11.9. The first-order valence-electron chi connectivity index (χ1n) is 5.49. The Morgan fingerprint density at radius 2 is 2.00 bits per heavy atom. The first kappa shape index (κ1) is 12.3. The molecule has 1 atom stereocenters. The van der Waals surface area contributed by atoms with Gasteiger partial charge in [-0.2, -0.15) is 4.31 Å². The van der Waals surface area contributed by atoms with E-state index in [1.54, 1.807) is 6.08 Å². The van der Waals surface area contributed by atoms with Gasteiger partial charge < -0.3 is 5.11 Å². The lowest BCUT2D eigenvalue weighted by molar-refractivity contribution is 0.189. The molecule has 1 heterocycles. The van der Waals surface area contributed by atoms with Crippen molar-refractivity contribution in [3.05, 3.63) is 41.3 Å². The van der Waals surface area contributed by atoms with Gasteiger partial charge in [0.25, 0.3) is 0 Å². The molecule has 92 valence electrons. The lowest BCUT2D eigenvalue weighted by Crippen LogP contribution is -2.27. The number of rotatable bonds is 3. The standard InChI is InChI=1S/C12H15NO3S/c14-12-6-8-13(10-12)17(15,16)9-7-11-4-2-1-3-5-11/h1-5,7,9,12,14H,6,8,10H2/t12-/m0/s1. The van der Waals surface area contributed by atoms with Crippen molar-refractivity contribution < 1.29 is 13.5 Å². The normalized spacial score (nSPS) is 22.3. The summed E-state index contributed by atoms with van der Waals surface area (Å²) in [5.41, 5.74) is 0.843. The van der Waals surface area contributed by atoms with Crippen LogP contribution >= 0.6 is 0 Å². The molecule has 1 N–H and O–H groups in total. The Hall–Kier alpha value is -1.17. The van der Waals surface area contributed by atoms with Crippen LogP contribution in [0.2, 0.25) is 0 Å². The van der Waals surface area contributed by atoms with E-state index in [4.69, 9.17) is 0 Å². The number of sulfonamides is 1. The van der Waals surface area contributed by atoms with Crippen molar-refractivity contribution in [2.75, 3.05) is 13.1 Å². The molecule has 1 aromatic rings. The molecule has 2 rings (SSSR count). The average molecular weight is 253 g/mol. The summed E-state index contributed by atoms with van der Waals surface area (Å²) >= 11 is 0. The maximum Gasteiger partial charge on any atom is 0.236 e. The summed E-state index contributed by atoms with van der Waals surface area (Å²) in [5.74, 6) is 0. The van der Waals surface area contributed by atoms with Crippen LogP contribution in [-0.4, -0.2) is 37.0 Å². The van der Waals surface area contributed by atoms with Gasteiger partial charge in [0.2, 0.25) is 10.0 Å². The van der Waals surface area contributed by atoms with Crippen molar-refractivity contribution >= 4 is 16.1 Å². The largest absolute Gasteiger partial charge is 0.392 e. The molecule has 1 aromatic carbocycles. The Balaban J connectivity index is 2.10. The molecular weight excluding hydrogens is 238 g/mol. The van der Waals surface area contributed by atoms with Crippen LogP contribution in [0.4, 0.5) is 0 Å². The van der Waals surface area contributed by atoms with Crippen LogP contribution < -0.4 is 0 Å². The van der Waals surface area contributed by atoms with Crippen LogP contribution in [0.25, 0.3) is 6.08 Å². The fourth-order valence-electron chi connectivity index (χ4n) is 1.76. The lowest BCUT2D eigenvalue weighted by Gasteiger charge is -2.11. The van der Waals surface area contributed by atoms with Gasteiger partial charge >= 0.3 is 0 Å². The van der Waals surface area contributed by atoms with E-state index in [0.29, 0.717) is 13.0 Å². The molecule has 0 radical (unpaired) electrons. The van der Waals surface area contributed by atoms with Gasteiger partial charge in [-0.1, -0.05) is 30.3 Å². The van der Waals surface area contributed by atoms with Crippen LogP contribution in [0.5, 0.6) is 0 Å². The second kappa shape index (κ2) is 5.00. The Morgan fingerprint density at radius 3 is 2.59 bits per heavy atom. The van der Waals surface area contributed by atoms with Gasteiger partial charge in [-0.25, -0.2) is 8.42 Å². The first-order chi connectivity index (χ1) is 8.08. The monoisotopic (exact) mass is 253 g/mol. The molecule has 0 aromatic heterocycles. The minimum absolute atomic E-state index is 0.196. The van der Waals surface area contributed by atoms with E-state index in [0.717, 1.165) is 5.56 Å². The maximum atomic E-state index is 11.9. The van der Waals surface area contributed by atoms with Crippen molar-refractivity contribution in [1.29, 1.82) is 0 Å². The molecule has 5 heteroatoms. The predicted molar refractivity (Wildman–Crippen MR) is 66.6 cm³/mol. The van der Waals surface area contributed by atoms with Crippen LogP contribution in [0, 0.1) is 0 Å². The van der Waals surface area contributed by atoms with Crippen molar-refractivity contribution in [3.63, 3.8) is 0 Å². The Kier molecular flexibility index (Phi) is 3.61. The van der Waals surface area contributed by atoms with Gasteiger partial charge in [-0.3, -0.25) is 0 Å². The lowest BCUT2D eigenvalue weighted by atomic mass is 10.2. The molecule has 0 unspecified atom stereocenters. The fourth-order valence-corrected chi connectivity index (χ4v) is 3.00. The van der Waals surface area contributed by atoms with Crippen LogP contribution in [-0.2, 0) is 10.0 Å². The summed E-state index contributed by atoms with van der Waals surface area (Å²) in [7, 11) is -3.40.